The molecule has 0 saturated heterocycles. The van der Waals surface area contributed by atoms with E-state index in [1.165, 1.54) is 42.7 Å². The zero-order valence-corrected chi connectivity index (χ0v) is 18.3. The molecule has 0 radical (unpaired) electrons. The summed E-state index contributed by atoms with van der Waals surface area (Å²) in [6.45, 7) is 0.534. The molecule has 4 aliphatic rings. The molecule has 4 fully saturated rings. The second kappa shape index (κ2) is 8.34. The second-order valence-corrected chi connectivity index (χ2v) is 10.5. The van der Waals surface area contributed by atoms with E-state index in [1.54, 1.807) is 12.1 Å². The van der Waals surface area contributed by atoms with Gasteiger partial charge in [0.05, 0.1) is 5.69 Å². The molecular formula is C24H28FN3O2S. The number of benzene rings is 1. The van der Waals surface area contributed by atoms with Crippen molar-refractivity contribution >= 4 is 28.3 Å². The largest absolute Gasteiger partial charge is 0.356 e. The average molecular weight is 442 g/mol. The van der Waals surface area contributed by atoms with Crippen molar-refractivity contribution < 1.29 is 14.0 Å². The molecule has 4 bridgehead atoms. The topological polar surface area (TPSA) is 71.1 Å². The standard InChI is InChI=1S/C24H28FN3O2S/c25-19-5-3-18(4-6-19)20-14-31-23(27-20)28-21(29)2-1-7-26-22(30)24-11-15-8-16(12-24)10-17(9-15)13-24/h3-6,14-17H,1-2,7-13H2,(H,26,30)(H,27,28,29). The molecule has 4 saturated carbocycles. The van der Waals surface area contributed by atoms with E-state index in [-0.39, 0.29) is 23.0 Å². The van der Waals surface area contributed by atoms with E-state index in [9.17, 15) is 14.0 Å². The molecule has 0 aliphatic heterocycles. The summed E-state index contributed by atoms with van der Waals surface area (Å²) in [5.74, 6) is 2.07. The highest BCUT2D eigenvalue weighted by Gasteiger charge is 2.54. The minimum atomic E-state index is -0.289. The first-order chi connectivity index (χ1) is 15.0. The van der Waals surface area contributed by atoms with Gasteiger partial charge in [0, 0.05) is 29.3 Å². The molecule has 5 nitrogen and oxygen atoms in total. The summed E-state index contributed by atoms with van der Waals surface area (Å²) in [6, 6.07) is 6.13. The Morgan fingerprint density at radius 1 is 1.06 bits per heavy atom. The molecule has 2 amide bonds. The molecule has 2 aromatic rings. The summed E-state index contributed by atoms with van der Waals surface area (Å²) >= 11 is 1.35. The van der Waals surface area contributed by atoms with Crippen LogP contribution in [0.3, 0.4) is 0 Å². The van der Waals surface area contributed by atoms with Crippen LogP contribution in [0, 0.1) is 29.0 Å². The molecule has 0 atom stereocenters. The van der Waals surface area contributed by atoms with Gasteiger partial charge in [-0.15, -0.1) is 11.3 Å². The lowest BCUT2D eigenvalue weighted by molar-refractivity contribution is -0.146. The van der Waals surface area contributed by atoms with Gasteiger partial charge >= 0.3 is 0 Å². The predicted octanol–water partition coefficient (Wildman–Crippen LogP) is 5.00. The van der Waals surface area contributed by atoms with Gasteiger partial charge in [0.2, 0.25) is 11.8 Å². The van der Waals surface area contributed by atoms with Crippen LogP contribution in [-0.2, 0) is 9.59 Å². The number of nitrogens with one attached hydrogen (secondary N) is 2. The fourth-order valence-electron chi connectivity index (χ4n) is 6.29. The average Bonchev–Trinajstić information content (AvgIpc) is 3.19. The summed E-state index contributed by atoms with van der Waals surface area (Å²) < 4.78 is 13.1. The van der Waals surface area contributed by atoms with E-state index >= 15 is 0 Å². The molecule has 0 unspecified atom stereocenters. The first kappa shape index (κ1) is 20.6. The summed E-state index contributed by atoms with van der Waals surface area (Å²) in [4.78, 5) is 29.6. The number of hydrogen-bond acceptors (Lipinski definition) is 4. The molecule has 1 heterocycles. The maximum atomic E-state index is 13.1. The van der Waals surface area contributed by atoms with Crippen molar-refractivity contribution in [3.05, 3.63) is 35.5 Å². The first-order valence-electron chi connectivity index (χ1n) is 11.3. The molecule has 1 aromatic heterocycles. The molecule has 164 valence electrons. The Morgan fingerprint density at radius 3 is 2.35 bits per heavy atom. The molecule has 2 N–H and O–H groups in total. The van der Waals surface area contributed by atoms with Gasteiger partial charge in [0.1, 0.15) is 5.82 Å². The minimum Gasteiger partial charge on any atom is -0.356 e. The number of nitrogens with zero attached hydrogens (tertiary/aromatic N) is 1. The fraction of sp³-hybridized carbons (Fsp3) is 0.542. The third-order valence-electron chi connectivity index (χ3n) is 7.28. The normalized spacial score (nSPS) is 28.5. The Morgan fingerprint density at radius 2 is 1.71 bits per heavy atom. The van der Waals surface area contributed by atoms with Gasteiger partial charge in [0.15, 0.2) is 5.13 Å². The summed E-state index contributed by atoms with van der Waals surface area (Å²) in [6.07, 6.45) is 8.11. The molecule has 6 rings (SSSR count). The van der Waals surface area contributed by atoms with Crippen LogP contribution in [0.2, 0.25) is 0 Å². The van der Waals surface area contributed by atoms with Crippen molar-refractivity contribution in [2.24, 2.45) is 23.2 Å². The molecule has 1 aromatic carbocycles. The van der Waals surface area contributed by atoms with Crippen molar-refractivity contribution in [1.29, 1.82) is 0 Å². The van der Waals surface area contributed by atoms with Gasteiger partial charge in [-0.3, -0.25) is 9.59 Å². The number of aromatic nitrogens is 1. The Labute approximate surface area is 185 Å². The van der Waals surface area contributed by atoms with Crippen molar-refractivity contribution in [2.75, 3.05) is 11.9 Å². The van der Waals surface area contributed by atoms with Crippen LogP contribution in [0.4, 0.5) is 9.52 Å². The highest BCUT2D eigenvalue weighted by Crippen LogP contribution is 2.60. The van der Waals surface area contributed by atoms with Crippen molar-refractivity contribution in [2.45, 2.75) is 51.4 Å². The monoisotopic (exact) mass is 441 g/mol. The van der Waals surface area contributed by atoms with E-state index in [4.69, 9.17) is 0 Å². The van der Waals surface area contributed by atoms with E-state index in [0.29, 0.717) is 30.2 Å². The Bertz CT molecular complexity index is 936. The van der Waals surface area contributed by atoms with Gasteiger partial charge < -0.3 is 10.6 Å². The molecule has 7 heteroatoms. The molecule has 31 heavy (non-hydrogen) atoms. The van der Waals surface area contributed by atoms with Crippen molar-refractivity contribution in [3.63, 3.8) is 0 Å². The van der Waals surface area contributed by atoms with E-state index in [0.717, 1.165) is 42.6 Å². The number of thiazole rings is 1. The van der Waals surface area contributed by atoms with Crippen LogP contribution < -0.4 is 10.6 Å². The second-order valence-electron chi connectivity index (χ2n) is 9.65. The molecule has 0 spiro atoms. The maximum absolute atomic E-state index is 13.1. The molecule has 4 aliphatic carbocycles. The highest BCUT2D eigenvalue weighted by molar-refractivity contribution is 7.14. The van der Waals surface area contributed by atoms with Crippen LogP contribution in [-0.4, -0.2) is 23.3 Å². The first-order valence-corrected chi connectivity index (χ1v) is 12.2. The Hall–Kier alpha value is -2.28. The van der Waals surface area contributed by atoms with Crippen LogP contribution in [0.15, 0.2) is 29.6 Å². The number of hydrogen-bond donors (Lipinski definition) is 2. The SMILES string of the molecule is O=C(CCCNC(=O)C12CC3CC(CC(C3)C1)C2)Nc1nc(-c2ccc(F)cc2)cs1. The number of carbonyl (C=O) groups is 2. The highest BCUT2D eigenvalue weighted by atomic mass is 32.1. The van der Waals surface area contributed by atoms with E-state index in [1.807, 2.05) is 5.38 Å². The number of amides is 2. The summed E-state index contributed by atoms with van der Waals surface area (Å²) in [7, 11) is 0. The summed E-state index contributed by atoms with van der Waals surface area (Å²) in [5.41, 5.74) is 1.39. The number of carbonyl (C=O) groups excluding carboxylic acids is 2. The van der Waals surface area contributed by atoms with Gasteiger partial charge in [-0.05, 0) is 87.0 Å². The smallest absolute Gasteiger partial charge is 0.226 e. The van der Waals surface area contributed by atoms with Gasteiger partial charge in [0.25, 0.3) is 0 Å². The number of halogens is 1. The lowest BCUT2D eigenvalue weighted by atomic mass is 9.49. The van der Waals surface area contributed by atoms with Crippen LogP contribution >= 0.6 is 11.3 Å². The third kappa shape index (κ3) is 4.38. The van der Waals surface area contributed by atoms with Crippen LogP contribution in [0.25, 0.3) is 11.3 Å². The minimum absolute atomic E-state index is 0.107. The van der Waals surface area contributed by atoms with Crippen LogP contribution in [0.1, 0.15) is 51.4 Å². The van der Waals surface area contributed by atoms with Gasteiger partial charge in [-0.25, -0.2) is 9.37 Å². The Kier molecular flexibility index (Phi) is 5.54. The van der Waals surface area contributed by atoms with Gasteiger partial charge in [-0.2, -0.15) is 0 Å². The third-order valence-corrected chi connectivity index (χ3v) is 8.03. The zero-order chi connectivity index (χ0) is 21.4. The maximum Gasteiger partial charge on any atom is 0.226 e. The fourth-order valence-corrected chi connectivity index (χ4v) is 7.03. The Balaban J connectivity index is 1.07. The quantitative estimate of drug-likeness (QED) is 0.594. The van der Waals surface area contributed by atoms with Crippen LogP contribution in [0.5, 0.6) is 0 Å². The van der Waals surface area contributed by atoms with Gasteiger partial charge in [-0.1, -0.05) is 0 Å². The van der Waals surface area contributed by atoms with E-state index in [2.05, 4.69) is 15.6 Å². The zero-order valence-electron chi connectivity index (χ0n) is 17.5. The number of anilines is 1. The van der Waals surface area contributed by atoms with Crippen molar-refractivity contribution in [1.82, 2.24) is 10.3 Å². The lowest BCUT2D eigenvalue weighted by Crippen LogP contribution is -2.53. The number of rotatable bonds is 7. The lowest BCUT2D eigenvalue weighted by Gasteiger charge is -2.55. The molecular weight excluding hydrogens is 413 g/mol. The summed E-state index contributed by atoms with van der Waals surface area (Å²) in [5, 5.41) is 8.32. The van der Waals surface area contributed by atoms with E-state index < -0.39 is 0 Å². The van der Waals surface area contributed by atoms with Crippen molar-refractivity contribution in [3.8, 4) is 11.3 Å². The predicted molar refractivity (Wildman–Crippen MR) is 119 cm³/mol.